The highest BCUT2D eigenvalue weighted by molar-refractivity contribution is 5.75. The lowest BCUT2D eigenvalue weighted by atomic mass is 10.0. The lowest BCUT2D eigenvalue weighted by Gasteiger charge is -2.26. The minimum Gasteiger partial charge on any atom is -0.491 e. The summed E-state index contributed by atoms with van der Waals surface area (Å²) in [5, 5.41) is 9.82. The number of carboxylic acid groups (broad SMARTS) is 1. The third kappa shape index (κ3) is 6.08. The number of nitrogens with zero attached hydrogens (tertiary/aromatic N) is 2. The van der Waals surface area contributed by atoms with Crippen LogP contribution in [0.1, 0.15) is 36.6 Å². The van der Waals surface area contributed by atoms with Crippen LogP contribution in [-0.2, 0) is 17.9 Å². The highest BCUT2D eigenvalue weighted by Crippen LogP contribution is 2.25. The van der Waals surface area contributed by atoms with Gasteiger partial charge in [0, 0.05) is 13.1 Å². The summed E-state index contributed by atoms with van der Waals surface area (Å²) in [4.78, 5) is 16.0. The molecule has 1 atom stereocenters. The van der Waals surface area contributed by atoms with Crippen LogP contribution in [0.5, 0.6) is 5.75 Å². The van der Waals surface area contributed by atoms with Crippen LogP contribution in [0.2, 0.25) is 0 Å². The zero-order valence-corrected chi connectivity index (χ0v) is 16.8. The molecule has 0 saturated heterocycles. The van der Waals surface area contributed by atoms with Gasteiger partial charge in [0.15, 0.2) is 0 Å². The van der Waals surface area contributed by atoms with Gasteiger partial charge in [0.2, 0.25) is 0 Å². The molecule has 0 aliphatic carbocycles. The fourth-order valence-electron chi connectivity index (χ4n) is 3.15. The van der Waals surface area contributed by atoms with Crippen molar-refractivity contribution in [2.24, 2.45) is 0 Å². The summed E-state index contributed by atoms with van der Waals surface area (Å²) in [6, 6.07) is 14.8. The molecule has 27 heavy (non-hydrogen) atoms. The van der Waals surface area contributed by atoms with Gasteiger partial charge in [-0.25, -0.2) is 0 Å². The molecule has 146 valence electrons. The maximum absolute atomic E-state index is 12.0. The Morgan fingerprint density at radius 2 is 1.52 bits per heavy atom. The van der Waals surface area contributed by atoms with E-state index in [4.69, 9.17) is 4.74 Å². The molecule has 1 unspecified atom stereocenters. The van der Waals surface area contributed by atoms with Crippen LogP contribution in [0.15, 0.2) is 48.5 Å². The largest absolute Gasteiger partial charge is 0.491 e. The van der Waals surface area contributed by atoms with Crippen LogP contribution < -0.4 is 4.74 Å². The lowest BCUT2D eigenvalue weighted by molar-refractivity contribution is -0.143. The van der Waals surface area contributed by atoms with Crippen LogP contribution in [0.3, 0.4) is 0 Å². The number of benzene rings is 2. The molecule has 5 heteroatoms. The Morgan fingerprint density at radius 3 is 2.00 bits per heavy atom. The molecular formula is C22H30N2O3. The number of likely N-dealkylation sites (N-methyl/N-ethyl adjacent to an activating group) is 1. The molecule has 2 aromatic carbocycles. The van der Waals surface area contributed by atoms with Crippen LogP contribution in [0.25, 0.3) is 0 Å². The monoisotopic (exact) mass is 370 g/mol. The number of hydrogen-bond donors (Lipinski definition) is 1. The summed E-state index contributed by atoms with van der Waals surface area (Å²) in [5.74, 6) is -0.114. The topological polar surface area (TPSA) is 53.0 Å². The summed E-state index contributed by atoms with van der Waals surface area (Å²) in [6.07, 6.45) is 0.0852. The second kappa shape index (κ2) is 9.53. The van der Waals surface area contributed by atoms with E-state index in [0.29, 0.717) is 6.54 Å². The van der Waals surface area contributed by atoms with Crippen LogP contribution >= 0.6 is 0 Å². The molecule has 0 aliphatic heterocycles. The van der Waals surface area contributed by atoms with E-state index in [1.807, 2.05) is 76.3 Å². The summed E-state index contributed by atoms with van der Waals surface area (Å²) >= 11 is 0. The minimum absolute atomic E-state index is 0.0852. The Hall–Kier alpha value is -2.37. The van der Waals surface area contributed by atoms with Crippen molar-refractivity contribution in [1.29, 1.82) is 0 Å². The highest BCUT2D eigenvalue weighted by atomic mass is 16.5. The van der Waals surface area contributed by atoms with E-state index in [-0.39, 0.29) is 6.10 Å². The first-order valence-electron chi connectivity index (χ1n) is 9.19. The van der Waals surface area contributed by atoms with Gasteiger partial charge in [-0.05, 0) is 63.8 Å². The predicted molar refractivity (Wildman–Crippen MR) is 108 cm³/mol. The van der Waals surface area contributed by atoms with Gasteiger partial charge >= 0.3 is 5.97 Å². The van der Waals surface area contributed by atoms with E-state index in [0.717, 1.165) is 23.4 Å². The lowest BCUT2D eigenvalue weighted by Crippen LogP contribution is -2.31. The molecule has 0 amide bonds. The van der Waals surface area contributed by atoms with E-state index >= 15 is 0 Å². The molecule has 0 aliphatic rings. The Labute approximate surface area is 162 Å². The first-order valence-corrected chi connectivity index (χ1v) is 9.19. The molecule has 0 saturated carbocycles. The third-order valence-electron chi connectivity index (χ3n) is 4.27. The SMILES string of the molecule is CC(C)Oc1ccc(C(C(=O)O)N(C)Cc2ccccc2CN(C)C)cc1. The number of carbonyl (C=O) groups is 1. The van der Waals surface area contributed by atoms with Gasteiger partial charge in [-0.3, -0.25) is 9.69 Å². The zero-order chi connectivity index (χ0) is 20.0. The van der Waals surface area contributed by atoms with Gasteiger partial charge in [0.1, 0.15) is 11.8 Å². The van der Waals surface area contributed by atoms with Crippen molar-refractivity contribution in [3.8, 4) is 5.75 Å². The summed E-state index contributed by atoms with van der Waals surface area (Å²) < 4.78 is 5.65. The molecule has 0 spiro atoms. The van der Waals surface area contributed by atoms with Crippen molar-refractivity contribution < 1.29 is 14.6 Å². The van der Waals surface area contributed by atoms with Crippen LogP contribution in [-0.4, -0.2) is 48.1 Å². The Kier molecular flexibility index (Phi) is 7.39. The molecule has 1 N–H and O–H groups in total. The maximum atomic E-state index is 12.0. The van der Waals surface area contributed by atoms with Crippen molar-refractivity contribution in [3.05, 3.63) is 65.2 Å². The molecule has 0 radical (unpaired) electrons. The number of hydrogen-bond acceptors (Lipinski definition) is 4. The number of aliphatic carboxylic acids is 1. The zero-order valence-electron chi connectivity index (χ0n) is 16.8. The van der Waals surface area contributed by atoms with Gasteiger partial charge in [-0.2, -0.15) is 0 Å². The standard InChI is InChI=1S/C22H30N2O3/c1-16(2)27-20-12-10-17(11-13-20)21(22(25)26)24(5)15-19-9-7-6-8-18(19)14-23(3)4/h6-13,16,21H,14-15H2,1-5H3,(H,25,26). The Bertz CT molecular complexity index is 741. The van der Waals surface area contributed by atoms with E-state index < -0.39 is 12.0 Å². The fourth-order valence-corrected chi connectivity index (χ4v) is 3.15. The molecule has 0 fully saturated rings. The average molecular weight is 370 g/mol. The second-order valence-electron chi connectivity index (χ2n) is 7.40. The van der Waals surface area contributed by atoms with Crippen LogP contribution in [0.4, 0.5) is 0 Å². The van der Waals surface area contributed by atoms with E-state index in [1.165, 1.54) is 5.56 Å². The maximum Gasteiger partial charge on any atom is 0.325 e. The van der Waals surface area contributed by atoms with E-state index in [1.54, 1.807) is 0 Å². The smallest absolute Gasteiger partial charge is 0.325 e. The summed E-state index contributed by atoms with van der Waals surface area (Å²) in [7, 11) is 5.91. The molecule has 0 bridgehead atoms. The Morgan fingerprint density at radius 1 is 0.963 bits per heavy atom. The summed E-state index contributed by atoms with van der Waals surface area (Å²) in [6.45, 7) is 5.31. The van der Waals surface area contributed by atoms with E-state index in [2.05, 4.69) is 17.0 Å². The third-order valence-corrected chi connectivity index (χ3v) is 4.27. The van der Waals surface area contributed by atoms with Crippen molar-refractivity contribution in [2.75, 3.05) is 21.1 Å². The first kappa shape index (κ1) is 20.9. The van der Waals surface area contributed by atoms with Crippen molar-refractivity contribution in [2.45, 2.75) is 39.1 Å². The van der Waals surface area contributed by atoms with Gasteiger partial charge in [-0.15, -0.1) is 0 Å². The predicted octanol–water partition coefficient (Wildman–Crippen LogP) is 3.79. The van der Waals surface area contributed by atoms with Gasteiger partial charge < -0.3 is 14.7 Å². The summed E-state index contributed by atoms with van der Waals surface area (Å²) in [5.41, 5.74) is 3.09. The Balaban J connectivity index is 2.21. The van der Waals surface area contributed by atoms with Gasteiger partial charge in [0.05, 0.1) is 6.10 Å². The molecule has 0 heterocycles. The molecule has 0 aromatic heterocycles. The van der Waals surface area contributed by atoms with Crippen molar-refractivity contribution >= 4 is 5.97 Å². The molecule has 2 rings (SSSR count). The fraction of sp³-hybridized carbons (Fsp3) is 0.409. The normalized spacial score (nSPS) is 12.6. The van der Waals surface area contributed by atoms with Crippen LogP contribution in [0, 0.1) is 0 Å². The van der Waals surface area contributed by atoms with Crippen molar-refractivity contribution in [1.82, 2.24) is 9.80 Å². The molecule has 5 nitrogen and oxygen atoms in total. The number of rotatable bonds is 9. The second-order valence-corrected chi connectivity index (χ2v) is 7.40. The van der Waals surface area contributed by atoms with E-state index in [9.17, 15) is 9.90 Å². The van der Waals surface area contributed by atoms with Gasteiger partial charge in [0.25, 0.3) is 0 Å². The van der Waals surface area contributed by atoms with Gasteiger partial charge in [-0.1, -0.05) is 36.4 Å². The highest BCUT2D eigenvalue weighted by Gasteiger charge is 2.25. The average Bonchev–Trinajstić information content (AvgIpc) is 2.57. The quantitative estimate of drug-likeness (QED) is 0.728. The molecular weight excluding hydrogens is 340 g/mol. The molecule has 2 aromatic rings. The number of ether oxygens (including phenoxy) is 1. The first-order chi connectivity index (χ1) is 12.8. The van der Waals surface area contributed by atoms with Crippen molar-refractivity contribution in [3.63, 3.8) is 0 Å². The minimum atomic E-state index is -0.861. The number of carboxylic acids is 1.